The molecule has 9 heteroatoms. The van der Waals surface area contributed by atoms with Gasteiger partial charge in [0.1, 0.15) is 12.6 Å². The highest BCUT2D eigenvalue weighted by Crippen LogP contribution is 2.27. The average molecular weight is 618 g/mol. The third-order valence-electron chi connectivity index (χ3n) is 7.00. The first-order valence-electron chi connectivity index (χ1n) is 14.2. The van der Waals surface area contributed by atoms with Gasteiger partial charge in [-0.15, -0.1) is 0 Å². The van der Waals surface area contributed by atoms with Gasteiger partial charge in [-0.3, -0.25) is 13.9 Å². The maximum atomic E-state index is 14.4. The van der Waals surface area contributed by atoms with Gasteiger partial charge in [0.25, 0.3) is 10.0 Å². The molecule has 0 aliphatic heterocycles. The lowest BCUT2D eigenvalue weighted by molar-refractivity contribution is -0.140. The standard InChI is InChI=1S/C34H36ClN3O4S/c1-3-21-36-34(40)32(22-27-11-6-4-7-12-27)37(24-28-13-8-5-9-14-28)33(39)25-38(30-16-10-15-29(35)23-30)43(41,42)31-19-17-26(2)18-20-31/h4-20,23,32H,3,21-22,24-25H2,1-2H3,(H,36,40). The summed E-state index contributed by atoms with van der Waals surface area (Å²) in [5.74, 6) is -0.822. The van der Waals surface area contributed by atoms with Gasteiger partial charge in [-0.25, -0.2) is 8.42 Å². The molecule has 0 saturated carbocycles. The highest BCUT2D eigenvalue weighted by Gasteiger charge is 2.34. The number of hydrogen-bond acceptors (Lipinski definition) is 4. The number of aryl methyl sites for hydroxylation is 1. The first-order valence-corrected chi connectivity index (χ1v) is 16.0. The van der Waals surface area contributed by atoms with Crippen molar-refractivity contribution in [2.45, 2.75) is 44.2 Å². The van der Waals surface area contributed by atoms with Crippen LogP contribution in [0, 0.1) is 6.92 Å². The van der Waals surface area contributed by atoms with Crippen LogP contribution in [-0.2, 0) is 32.6 Å². The van der Waals surface area contributed by atoms with E-state index in [0.29, 0.717) is 11.6 Å². The van der Waals surface area contributed by atoms with E-state index in [-0.39, 0.29) is 29.5 Å². The number of anilines is 1. The molecule has 4 aromatic carbocycles. The number of hydrogen-bond donors (Lipinski definition) is 1. The molecular formula is C34H36ClN3O4S. The fourth-order valence-corrected chi connectivity index (χ4v) is 6.29. The summed E-state index contributed by atoms with van der Waals surface area (Å²) in [5, 5.41) is 3.28. The summed E-state index contributed by atoms with van der Waals surface area (Å²) in [4.78, 5) is 29.5. The molecule has 0 radical (unpaired) electrons. The van der Waals surface area contributed by atoms with Crippen LogP contribution in [0.15, 0.2) is 114 Å². The van der Waals surface area contributed by atoms with Crippen LogP contribution in [0.2, 0.25) is 5.02 Å². The second-order valence-corrected chi connectivity index (χ2v) is 12.6. The van der Waals surface area contributed by atoms with Crippen molar-refractivity contribution in [3.8, 4) is 0 Å². The van der Waals surface area contributed by atoms with Crippen molar-refractivity contribution in [2.24, 2.45) is 0 Å². The molecule has 1 N–H and O–H groups in total. The largest absolute Gasteiger partial charge is 0.354 e. The van der Waals surface area contributed by atoms with E-state index in [9.17, 15) is 18.0 Å². The molecule has 0 fully saturated rings. The zero-order valence-electron chi connectivity index (χ0n) is 24.3. The molecule has 0 aliphatic carbocycles. The Hall–Kier alpha value is -4.14. The molecule has 224 valence electrons. The van der Waals surface area contributed by atoms with Crippen molar-refractivity contribution in [2.75, 3.05) is 17.4 Å². The summed E-state index contributed by atoms with van der Waals surface area (Å²) in [6.07, 6.45) is 0.991. The summed E-state index contributed by atoms with van der Waals surface area (Å²) in [5.41, 5.74) is 2.84. The number of carbonyl (C=O) groups excluding carboxylic acids is 2. The van der Waals surface area contributed by atoms with Crippen molar-refractivity contribution in [1.29, 1.82) is 0 Å². The Kier molecular flexibility index (Phi) is 11.0. The Morgan fingerprint density at radius 1 is 0.837 bits per heavy atom. The van der Waals surface area contributed by atoms with Crippen molar-refractivity contribution >= 4 is 39.1 Å². The molecule has 1 unspecified atom stereocenters. The third kappa shape index (κ3) is 8.46. The van der Waals surface area contributed by atoms with Gasteiger partial charge in [-0.2, -0.15) is 0 Å². The number of nitrogens with one attached hydrogen (secondary N) is 1. The summed E-state index contributed by atoms with van der Waals surface area (Å²) in [6.45, 7) is 3.86. The highest BCUT2D eigenvalue weighted by molar-refractivity contribution is 7.92. The highest BCUT2D eigenvalue weighted by atomic mass is 35.5. The lowest BCUT2D eigenvalue weighted by Crippen LogP contribution is -2.53. The van der Waals surface area contributed by atoms with E-state index in [4.69, 9.17) is 11.6 Å². The Morgan fingerprint density at radius 2 is 1.47 bits per heavy atom. The van der Waals surface area contributed by atoms with Crippen LogP contribution in [-0.4, -0.2) is 44.3 Å². The zero-order chi connectivity index (χ0) is 30.8. The molecule has 0 saturated heterocycles. The first kappa shape index (κ1) is 31.8. The summed E-state index contributed by atoms with van der Waals surface area (Å²) < 4.78 is 29.1. The van der Waals surface area contributed by atoms with Gasteiger partial charge in [0.05, 0.1) is 10.6 Å². The lowest BCUT2D eigenvalue weighted by Gasteiger charge is -2.34. The topological polar surface area (TPSA) is 86.8 Å². The van der Waals surface area contributed by atoms with Crippen LogP contribution >= 0.6 is 11.6 Å². The van der Waals surface area contributed by atoms with Crippen LogP contribution < -0.4 is 9.62 Å². The molecule has 0 aliphatic rings. The van der Waals surface area contributed by atoms with E-state index in [0.717, 1.165) is 27.4 Å². The number of carbonyl (C=O) groups is 2. The molecule has 4 aromatic rings. The van der Waals surface area contributed by atoms with Crippen LogP contribution in [0.1, 0.15) is 30.0 Å². The van der Waals surface area contributed by atoms with Gasteiger partial charge in [0.15, 0.2) is 0 Å². The molecule has 0 bridgehead atoms. The fourth-order valence-electron chi connectivity index (χ4n) is 4.70. The monoisotopic (exact) mass is 617 g/mol. The van der Waals surface area contributed by atoms with Crippen LogP contribution in [0.25, 0.3) is 0 Å². The quantitative estimate of drug-likeness (QED) is 0.199. The molecular weight excluding hydrogens is 582 g/mol. The van der Waals surface area contributed by atoms with Gasteiger partial charge in [0.2, 0.25) is 11.8 Å². The second kappa shape index (κ2) is 14.8. The molecule has 0 aromatic heterocycles. The number of amides is 2. The van der Waals surface area contributed by atoms with Gasteiger partial charge < -0.3 is 10.2 Å². The fraction of sp³-hybridized carbons (Fsp3) is 0.235. The molecule has 2 amide bonds. The number of benzene rings is 4. The van der Waals surface area contributed by atoms with Gasteiger partial charge in [-0.1, -0.05) is 103 Å². The molecule has 0 heterocycles. The number of halogens is 1. The molecule has 1 atom stereocenters. The van der Waals surface area contributed by atoms with Crippen LogP contribution in [0.5, 0.6) is 0 Å². The average Bonchev–Trinajstić information content (AvgIpc) is 3.01. The molecule has 7 nitrogen and oxygen atoms in total. The van der Waals surface area contributed by atoms with Crippen LogP contribution in [0.3, 0.4) is 0 Å². The predicted molar refractivity (Wildman–Crippen MR) is 171 cm³/mol. The second-order valence-electron chi connectivity index (χ2n) is 10.3. The normalized spacial score (nSPS) is 11.9. The molecule has 0 spiro atoms. The van der Waals surface area contributed by atoms with Crippen molar-refractivity contribution in [3.63, 3.8) is 0 Å². The maximum Gasteiger partial charge on any atom is 0.264 e. The third-order valence-corrected chi connectivity index (χ3v) is 9.02. The van der Waals surface area contributed by atoms with E-state index >= 15 is 0 Å². The minimum Gasteiger partial charge on any atom is -0.354 e. The Morgan fingerprint density at radius 3 is 2.07 bits per heavy atom. The van der Waals surface area contributed by atoms with Gasteiger partial charge in [-0.05, 0) is 54.8 Å². The van der Waals surface area contributed by atoms with Crippen molar-refractivity contribution < 1.29 is 18.0 Å². The van der Waals surface area contributed by atoms with Crippen molar-refractivity contribution in [1.82, 2.24) is 10.2 Å². The Balaban J connectivity index is 1.78. The van der Waals surface area contributed by atoms with E-state index in [1.165, 1.54) is 23.1 Å². The smallest absolute Gasteiger partial charge is 0.264 e. The number of nitrogens with zero attached hydrogens (tertiary/aromatic N) is 2. The summed E-state index contributed by atoms with van der Waals surface area (Å²) in [6, 6.07) is 30.8. The van der Waals surface area contributed by atoms with Crippen LogP contribution in [0.4, 0.5) is 5.69 Å². The Bertz CT molecular complexity index is 1610. The number of rotatable bonds is 13. The Labute approximate surface area is 259 Å². The SMILES string of the molecule is CCCNC(=O)C(Cc1ccccc1)N(Cc1ccccc1)C(=O)CN(c1cccc(Cl)c1)S(=O)(=O)c1ccc(C)cc1. The van der Waals surface area contributed by atoms with E-state index in [2.05, 4.69) is 5.32 Å². The van der Waals surface area contributed by atoms with Crippen molar-refractivity contribution in [3.05, 3.63) is 131 Å². The minimum atomic E-state index is -4.18. The van der Waals surface area contributed by atoms with E-state index in [1.54, 1.807) is 30.3 Å². The maximum absolute atomic E-state index is 14.4. The van der Waals surface area contributed by atoms with E-state index < -0.39 is 28.5 Å². The molecule has 4 rings (SSSR count). The molecule has 43 heavy (non-hydrogen) atoms. The summed E-state index contributed by atoms with van der Waals surface area (Å²) in [7, 11) is -4.18. The van der Waals surface area contributed by atoms with E-state index in [1.807, 2.05) is 74.5 Å². The minimum absolute atomic E-state index is 0.0435. The summed E-state index contributed by atoms with van der Waals surface area (Å²) >= 11 is 6.27. The predicted octanol–water partition coefficient (Wildman–Crippen LogP) is 6.01. The zero-order valence-corrected chi connectivity index (χ0v) is 25.9. The van der Waals surface area contributed by atoms with Gasteiger partial charge >= 0.3 is 0 Å². The number of sulfonamides is 1. The van der Waals surface area contributed by atoms with Gasteiger partial charge in [0, 0.05) is 24.5 Å². The first-order chi connectivity index (χ1) is 20.7. The lowest BCUT2D eigenvalue weighted by atomic mass is 10.0.